The van der Waals surface area contributed by atoms with Crippen molar-refractivity contribution in [2.45, 2.75) is 0 Å². The Balaban J connectivity index is 1.07. The van der Waals surface area contributed by atoms with Gasteiger partial charge in [-0.15, -0.1) is 11.3 Å². The highest BCUT2D eigenvalue weighted by molar-refractivity contribution is 7.25. The Hall–Kier alpha value is -6.94. The Labute approximate surface area is 322 Å². The van der Waals surface area contributed by atoms with Gasteiger partial charge < -0.3 is 9.32 Å². The number of hydrogen-bond acceptors (Lipinski definition) is 3. The zero-order valence-corrected chi connectivity index (χ0v) is 30.6. The predicted molar refractivity (Wildman–Crippen MR) is 235 cm³/mol. The molecule has 0 aliphatic carbocycles. The number of fused-ring (bicyclic) bond motifs is 7. The van der Waals surface area contributed by atoms with E-state index in [0.29, 0.717) is 0 Å². The topological polar surface area (TPSA) is 16.4 Å². The predicted octanol–water partition coefficient (Wildman–Crippen LogP) is 15.6. The SMILES string of the molecule is c1ccc(-c2cccc3c2oc2c(N(c4ccc(-c5ccc6ccccc6c5)cc4)c4ccc(-c5cccc6sc7ccccc7c56)cc4)cccc23)cc1. The lowest BCUT2D eigenvalue weighted by molar-refractivity contribution is 0.670. The van der Waals surface area contributed by atoms with Crippen LogP contribution in [0, 0.1) is 0 Å². The van der Waals surface area contributed by atoms with Crippen molar-refractivity contribution in [2.24, 2.45) is 0 Å². The molecule has 0 amide bonds. The minimum atomic E-state index is 0.859. The average Bonchev–Trinajstić information content (AvgIpc) is 3.84. The van der Waals surface area contributed by atoms with Crippen LogP contribution in [0.15, 0.2) is 205 Å². The summed E-state index contributed by atoms with van der Waals surface area (Å²) < 4.78 is 9.58. The Morgan fingerprint density at radius 3 is 1.76 bits per heavy atom. The summed E-state index contributed by atoms with van der Waals surface area (Å²) in [4.78, 5) is 2.33. The smallest absolute Gasteiger partial charge is 0.159 e. The van der Waals surface area contributed by atoms with Crippen molar-refractivity contribution in [3.63, 3.8) is 0 Å². The van der Waals surface area contributed by atoms with E-state index in [1.807, 2.05) is 11.3 Å². The number of anilines is 3. The molecule has 0 aliphatic heterocycles. The normalized spacial score (nSPS) is 11.6. The fraction of sp³-hybridized carbons (Fsp3) is 0. The zero-order valence-electron chi connectivity index (χ0n) is 29.8. The van der Waals surface area contributed by atoms with Crippen LogP contribution in [0.25, 0.3) is 86.3 Å². The van der Waals surface area contributed by atoms with E-state index in [2.05, 4.69) is 205 Å². The van der Waals surface area contributed by atoms with E-state index < -0.39 is 0 Å². The molecule has 55 heavy (non-hydrogen) atoms. The number of hydrogen-bond donors (Lipinski definition) is 0. The standard InChI is InChI=1S/C52H33NOS/c1-2-12-36(13-3-1)43-17-8-18-44-45-19-9-20-47(52(45)54-51(43)44)53(40-29-25-35(26-30-40)39-24-23-34-11-4-5-14-38(34)33-39)41-31-27-37(28-32-41)42-16-10-22-49-50(42)46-15-6-7-21-48(46)55-49/h1-33H. The molecule has 0 saturated carbocycles. The van der Waals surface area contributed by atoms with Gasteiger partial charge in [0, 0.05) is 47.9 Å². The number of rotatable bonds is 6. The molecule has 11 rings (SSSR count). The van der Waals surface area contributed by atoms with Crippen LogP contribution in [-0.2, 0) is 0 Å². The second-order valence-electron chi connectivity index (χ2n) is 14.1. The van der Waals surface area contributed by atoms with Gasteiger partial charge in [-0.25, -0.2) is 0 Å². The lowest BCUT2D eigenvalue weighted by Gasteiger charge is -2.26. The van der Waals surface area contributed by atoms with Crippen LogP contribution in [0.5, 0.6) is 0 Å². The molecule has 9 aromatic carbocycles. The number of thiophene rings is 1. The summed E-state index contributed by atoms with van der Waals surface area (Å²) in [5.74, 6) is 0. The summed E-state index contributed by atoms with van der Waals surface area (Å²) in [6.07, 6.45) is 0. The van der Waals surface area contributed by atoms with Crippen molar-refractivity contribution in [3.8, 4) is 33.4 Å². The molecule has 0 bridgehead atoms. The molecule has 0 aliphatic rings. The highest BCUT2D eigenvalue weighted by Crippen LogP contribution is 2.45. The lowest BCUT2D eigenvalue weighted by atomic mass is 9.99. The maximum Gasteiger partial charge on any atom is 0.159 e. The van der Waals surface area contributed by atoms with Gasteiger partial charge in [-0.2, -0.15) is 0 Å². The van der Waals surface area contributed by atoms with Crippen molar-refractivity contribution in [3.05, 3.63) is 200 Å². The minimum Gasteiger partial charge on any atom is -0.453 e. The van der Waals surface area contributed by atoms with Crippen molar-refractivity contribution < 1.29 is 4.42 Å². The minimum absolute atomic E-state index is 0.859. The van der Waals surface area contributed by atoms with Crippen molar-refractivity contribution >= 4 is 81.3 Å². The molecule has 0 atom stereocenters. The number of para-hydroxylation sites is 2. The van der Waals surface area contributed by atoms with Gasteiger partial charge in [0.15, 0.2) is 5.58 Å². The van der Waals surface area contributed by atoms with Gasteiger partial charge in [0.25, 0.3) is 0 Å². The van der Waals surface area contributed by atoms with Gasteiger partial charge in [-0.3, -0.25) is 0 Å². The van der Waals surface area contributed by atoms with Gasteiger partial charge in [0.2, 0.25) is 0 Å². The summed E-state index contributed by atoms with van der Waals surface area (Å²) in [5, 5.41) is 7.31. The summed E-state index contributed by atoms with van der Waals surface area (Å²) >= 11 is 1.86. The molecule has 0 N–H and O–H groups in total. The molecule has 2 heterocycles. The highest BCUT2D eigenvalue weighted by Gasteiger charge is 2.21. The van der Waals surface area contributed by atoms with Crippen LogP contribution in [-0.4, -0.2) is 0 Å². The fourth-order valence-corrected chi connectivity index (χ4v) is 9.36. The van der Waals surface area contributed by atoms with Crippen LogP contribution in [0.2, 0.25) is 0 Å². The first-order valence-electron chi connectivity index (χ1n) is 18.7. The fourth-order valence-electron chi connectivity index (χ4n) is 8.23. The molecule has 2 aromatic heterocycles. The molecular weight excluding hydrogens is 687 g/mol. The van der Waals surface area contributed by atoms with E-state index >= 15 is 0 Å². The third-order valence-electron chi connectivity index (χ3n) is 10.9. The molecule has 0 spiro atoms. The Morgan fingerprint density at radius 2 is 0.945 bits per heavy atom. The molecule has 3 heteroatoms. The molecule has 2 nitrogen and oxygen atoms in total. The van der Waals surface area contributed by atoms with E-state index in [0.717, 1.165) is 50.1 Å². The van der Waals surface area contributed by atoms with Gasteiger partial charge in [0.1, 0.15) is 5.58 Å². The van der Waals surface area contributed by atoms with Crippen LogP contribution in [0.3, 0.4) is 0 Å². The van der Waals surface area contributed by atoms with E-state index in [4.69, 9.17) is 4.42 Å². The summed E-state index contributed by atoms with van der Waals surface area (Å²) in [6.45, 7) is 0. The number of furan rings is 1. The van der Waals surface area contributed by atoms with Gasteiger partial charge >= 0.3 is 0 Å². The van der Waals surface area contributed by atoms with E-state index in [1.165, 1.54) is 53.2 Å². The monoisotopic (exact) mass is 719 g/mol. The molecule has 0 radical (unpaired) electrons. The largest absolute Gasteiger partial charge is 0.453 e. The third-order valence-corrected chi connectivity index (χ3v) is 12.0. The van der Waals surface area contributed by atoms with Crippen LogP contribution < -0.4 is 4.90 Å². The summed E-state index contributed by atoms with van der Waals surface area (Å²) in [7, 11) is 0. The van der Waals surface area contributed by atoms with Crippen LogP contribution in [0.4, 0.5) is 17.1 Å². The average molecular weight is 720 g/mol. The number of benzene rings is 9. The summed E-state index contributed by atoms with van der Waals surface area (Å²) in [6, 6.07) is 72.0. The van der Waals surface area contributed by atoms with Crippen molar-refractivity contribution in [1.82, 2.24) is 0 Å². The molecule has 0 unspecified atom stereocenters. The van der Waals surface area contributed by atoms with Gasteiger partial charge in [0.05, 0.1) is 5.69 Å². The van der Waals surface area contributed by atoms with E-state index in [9.17, 15) is 0 Å². The zero-order chi connectivity index (χ0) is 36.3. The second-order valence-corrected chi connectivity index (χ2v) is 15.2. The Bertz CT molecular complexity index is 3190. The van der Waals surface area contributed by atoms with Gasteiger partial charge in [-0.1, -0.05) is 152 Å². The number of nitrogens with zero attached hydrogens (tertiary/aromatic N) is 1. The van der Waals surface area contributed by atoms with Gasteiger partial charge in [-0.05, 0) is 87.1 Å². The molecule has 0 saturated heterocycles. The molecular formula is C52H33NOS. The highest BCUT2D eigenvalue weighted by atomic mass is 32.1. The Kier molecular flexibility index (Phi) is 7.39. The maximum atomic E-state index is 6.96. The molecule has 0 fully saturated rings. The second kappa shape index (κ2) is 12.9. The Morgan fingerprint density at radius 1 is 0.364 bits per heavy atom. The van der Waals surface area contributed by atoms with Crippen molar-refractivity contribution in [1.29, 1.82) is 0 Å². The first-order valence-corrected chi connectivity index (χ1v) is 19.5. The molecule has 11 aromatic rings. The molecule has 258 valence electrons. The van der Waals surface area contributed by atoms with E-state index in [-0.39, 0.29) is 0 Å². The first kappa shape index (κ1) is 31.6. The quantitative estimate of drug-likeness (QED) is 0.170. The van der Waals surface area contributed by atoms with Crippen LogP contribution >= 0.6 is 11.3 Å². The van der Waals surface area contributed by atoms with Crippen molar-refractivity contribution in [2.75, 3.05) is 4.90 Å². The maximum absolute atomic E-state index is 6.96. The van der Waals surface area contributed by atoms with Crippen LogP contribution in [0.1, 0.15) is 0 Å². The first-order chi connectivity index (χ1) is 27.3. The summed E-state index contributed by atoms with van der Waals surface area (Å²) in [5.41, 5.74) is 11.9. The van der Waals surface area contributed by atoms with E-state index in [1.54, 1.807) is 0 Å². The third kappa shape index (κ3) is 5.32. The lowest BCUT2D eigenvalue weighted by Crippen LogP contribution is -2.10.